The molecule has 0 unspecified atom stereocenters. The highest BCUT2D eigenvalue weighted by Crippen LogP contribution is 2.21. The third-order valence-electron chi connectivity index (χ3n) is 2.81. The summed E-state index contributed by atoms with van der Waals surface area (Å²) in [6.07, 6.45) is 0. The van der Waals surface area contributed by atoms with Crippen LogP contribution in [0.3, 0.4) is 0 Å². The molecule has 2 N–H and O–H groups in total. The lowest BCUT2D eigenvalue weighted by atomic mass is 10.2. The van der Waals surface area contributed by atoms with Gasteiger partial charge in [-0.15, -0.1) is 0 Å². The number of aromatic carboxylic acids is 1. The van der Waals surface area contributed by atoms with Crippen LogP contribution in [-0.4, -0.2) is 24.4 Å². The second-order valence-corrected chi connectivity index (χ2v) is 6.04. The highest BCUT2D eigenvalue weighted by atomic mass is 32.2. The number of hydrogen-bond donors (Lipinski definition) is 2. The van der Waals surface area contributed by atoms with Crippen molar-refractivity contribution in [1.82, 2.24) is 0 Å². The zero-order valence-corrected chi connectivity index (χ0v) is 12.1. The Labute approximate surface area is 129 Å². The molecule has 0 saturated carbocycles. The normalized spacial score (nSPS) is 11.0. The first kappa shape index (κ1) is 16.4. The highest BCUT2D eigenvalue weighted by Gasteiger charge is 2.18. The van der Waals surface area contributed by atoms with Crippen LogP contribution in [0.15, 0.2) is 47.4 Å². The lowest BCUT2D eigenvalue weighted by Crippen LogP contribution is -2.13. The number of halogens is 1. The first-order valence-corrected chi connectivity index (χ1v) is 7.49. The molecule has 120 valence electrons. The SMILES string of the molecule is O=C(O)c1cc(NS(=O)(=O)c2ccc([N+](=O)[O-])cc2)ccc1F. The van der Waals surface area contributed by atoms with E-state index in [1.54, 1.807) is 0 Å². The minimum Gasteiger partial charge on any atom is -0.478 e. The minimum atomic E-state index is -4.10. The van der Waals surface area contributed by atoms with Crippen LogP contribution < -0.4 is 4.72 Å². The van der Waals surface area contributed by atoms with Gasteiger partial charge in [0.25, 0.3) is 15.7 Å². The van der Waals surface area contributed by atoms with Crippen molar-refractivity contribution in [2.75, 3.05) is 4.72 Å². The molecule has 23 heavy (non-hydrogen) atoms. The van der Waals surface area contributed by atoms with E-state index >= 15 is 0 Å². The van der Waals surface area contributed by atoms with Crippen molar-refractivity contribution >= 4 is 27.4 Å². The number of hydrogen-bond acceptors (Lipinski definition) is 5. The maximum atomic E-state index is 13.3. The van der Waals surface area contributed by atoms with Gasteiger partial charge in [0.2, 0.25) is 0 Å². The van der Waals surface area contributed by atoms with Crippen LogP contribution in [-0.2, 0) is 10.0 Å². The fourth-order valence-electron chi connectivity index (χ4n) is 1.71. The quantitative estimate of drug-likeness (QED) is 0.635. The summed E-state index contributed by atoms with van der Waals surface area (Å²) in [4.78, 5) is 20.4. The molecule has 0 spiro atoms. The van der Waals surface area contributed by atoms with Crippen LogP contribution in [0.1, 0.15) is 10.4 Å². The van der Waals surface area contributed by atoms with E-state index in [4.69, 9.17) is 5.11 Å². The zero-order valence-electron chi connectivity index (χ0n) is 11.3. The van der Waals surface area contributed by atoms with Crippen LogP contribution >= 0.6 is 0 Å². The Morgan fingerprint density at radius 1 is 1.17 bits per heavy atom. The van der Waals surface area contributed by atoms with Gasteiger partial charge in [-0.3, -0.25) is 14.8 Å². The van der Waals surface area contributed by atoms with E-state index in [0.29, 0.717) is 0 Å². The van der Waals surface area contributed by atoms with Crippen LogP contribution in [0.4, 0.5) is 15.8 Å². The summed E-state index contributed by atoms with van der Waals surface area (Å²) in [6, 6.07) is 6.80. The van der Waals surface area contributed by atoms with E-state index in [2.05, 4.69) is 4.72 Å². The molecule has 0 aliphatic heterocycles. The molecular formula is C13H9FN2O6S. The molecule has 0 saturated heterocycles. The van der Waals surface area contributed by atoms with Crippen LogP contribution in [0, 0.1) is 15.9 Å². The number of nitrogens with one attached hydrogen (secondary N) is 1. The van der Waals surface area contributed by atoms with E-state index in [9.17, 15) is 27.7 Å². The first-order valence-electron chi connectivity index (χ1n) is 6.01. The molecule has 8 nitrogen and oxygen atoms in total. The number of sulfonamides is 1. The van der Waals surface area contributed by atoms with Gasteiger partial charge in [0.1, 0.15) is 5.82 Å². The van der Waals surface area contributed by atoms with Gasteiger partial charge in [-0.25, -0.2) is 17.6 Å². The summed E-state index contributed by atoms with van der Waals surface area (Å²) in [5.41, 5.74) is -1.12. The predicted octanol–water partition coefficient (Wildman–Crippen LogP) is 2.23. The third kappa shape index (κ3) is 3.61. The lowest BCUT2D eigenvalue weighted by molar-refractivity contribution is -0.384. The number of carboxylic acids is 1. The molecule has 0 aromatic heterocycles. The average Bonchev–Trinajstić information content (AvgIpc) is 2.48. The van der Waals surface area contributed by atoms with E-state index in [0.717, 1.165) is 42.5 Å². The Morgan fingerprint density at radius 3 is 2.30 bits per heavy atom. The summed E-state index contributed by atoms with van der Waals surface area (Å²) in [5.74, 6) is -2.55. The highest BCUT2D eigenvalue weighted by molar-refractivity contribution is 7.92. The van der Waals surface area contributed by atoms with Crippen molar-refractivity contribution in [3.8, 4) is 0 Å². The van der Waals surface area contributed by atoms with Gasteiger partial charge >= 0.3 is 5.97 Å². The van der Waals surface area contributed by atoms with Crippen molar-refractivity contribution in [2.45, 2.75) is 4.90 Å². The maximum Gasteiger partial charge on any atom is 0.338 e. The molecule has 0 amide bonds. The molecule has 0 bridgehead atoms. The van der Waals surface area contributed by atoms with Gasteiger partial charge in [0, 0.05) is 17.8 Å². The Balaban J connectivity index is 2.33. The summed E-state index contributed by atoms with van der Waals surface area (Å²) >= 11 is 0. The number of non-ortho nitro benzene ring substituents is 1. The van der Waals surface area contributed by atoms with Crippen LogP contribution in [0.2, 0.25) is 0 Å². The van der Waals surface area contributed by atoms with Crippen molar-refractivity contribution in [1.29, 1.82) is 0 Å². The average molecular weight is 340 g/mol. The molecule has 0 aliphatic rings. The Hall–Kier alpha value is -3.01. The van der Waals surface area contributed by atoms with Gasteiger partial charge in [0.15, 0.2) is 0 Å². The molecule has 0 atom stereocenters. The molecule has 0 heterocycles. The lowest BCUT2D eigenvalue weighted by Gasteiger charge is -2.09. The molecule has 0 fully saturated rings. The number of nitro groups is 1. The first-order chi connectivity index (χ1) is 10.7. The molecule has 10 heteroatoms. The molecule has 0 aliphatic carbocycles. The van der Waals surface area contributed by atoms with E-state index in [1.165, 1.54) is 0 Å². The van der Waals surface area contributed by atoms with Gasteiger partial charge < -0.3 is 5.11 Å². The number of nitrogens with zero attached hydrogens (tertiary/aromatic N) is 1. The number of carboxylic acid groups (broad SMARTS) is 1. The zero-order chi connectivity index (χ0) is 17.2. The fraction of sp³-hybridized carbons (Fsp3) is 0. The molecule has 2 aromatic rings. The van der Waals surface area contributed by atoms with Crippen molar-refractivity contribution < 1.29 is 27.6 Å². The number of carbonyl (C=O) groups is 1. The molecule has 2 rings (SSSR count). The maximum absolute atomic E-state index is 13.3. The number of nitro benzene ring substituents is 1. The van der Waals surface area contributed by atoms with Crippen LogP contribution in [0.5, 0.6) is 0 Å². The summed E-state index contributed by atoms with van der Waals surface area (Å²) in [5, 5.41) is 19.3. The second-order valence-electron chi connectivity index (χ2n) is 4.36. The molecule has 2 aromatic carbocycles. The number of rotatable bonds is 5. The second kappa shape index (κ2) is 6.01. The predicted molar refractivity (Wildman–Crippen MR) is 77.3 cm³/mol. The van der Waals surface area contributed by atoms with Crippen molar-refractivity contribution in [3.05, 3.63) is 64.0 Å². The van der Waals surface area contributed by atoms with E-state index in [1.807, 2.05) is 0 Å². The Kier molecular flexibility index (Phi) is 4.27. The van der Waals surface area contributed by atoms with E-state index < -0.39 is 32.3 Å². The number of anilines is 1. The third-order valence-corrected chi connectivity index (χ3v) is 4.20. The fourth-order valence-corrected chi connectivity index (χ4v) is 2.76. The monoisotopic (exact) mass is 340 g/mol. The summed E-state index contributed by atoms with van der Waals surface area (Å²) in [7, 11) is -4.10. The van der Waals surface area contributed by atoms with Crippen molar-refractivity contribution in [2.24, 2.45) is 0 Å². The number of benzene rings is 2. The van der Waals surface area contributed by atoms with Gasteiger partial charge in [-0.2, -0.15) is 0 Å². The smallest absolute Gasteiger partial charge is 0.338 e. The Bertz CT molecular complexity index is 880. The van der Waals surface area contributed by atoms with Gasteiger partial charge in [-0.05, 0) is 30.3 Å². The molecular weight excluding hydrogens is 331 g/mol. The minimum absolute atomic E-state index is 0.151. The standard InChI is InChI=1S/C13H9FN2O6S/c14-12-6-1-8(7-11(12)13(17)18)15-23(21,22)10-4-2-9(3-5-10)16(19)20/h1-7,15H,(H,17,18). The van der Waals surface area contributed by atoms with E-state index in [-0.39, 0.29) is 16.3 Å². The van der Waals surface area contributed by atoms with Crippen molar-refractivity contribution in [3.63, 3.8) is 0 Å². The van der Waals surface area contributed by atoms with Crippen LogP contribution in [0.25, 0.3) is 0 Å². The molecule has 0 radical (unpaired) electrons. The summed E-state index contributed by atoms with van der Waals surface area (Å²) in [6.45, 7) is 0. The Morgan fingerprint density at radius 2 is 1.78 bits per heavy atom. The summed E-state index contributed by atoms with van der Waals surface area (Å²) < 4.78 is 39.6. The van der Waals surface area contributed by atoms with Gasteiger partial charge in [0.05, 0.1) is 15.4 Å². The topological polar surface area (TPSA) is 127 Å². The van der Waals surface area contributed by atoms with Gasteiger partial charge in [-0.1, -0.05) is 0 Å². The largest absolute Gasteiger partial charge is 0.478 e.